The van der Waals surface area contributed by atoms with Crippen LogP contribution in [-0.2, 0) is 11.0 Å². The first-order valence-corrected chi connectivity index (χ1v) is 9.08. The van der Waals surface area contributed by atoms with Crippen molar-refractivity contribution in [2.24, 2.45) is 5.92 Å². The zero-order valence-electron chi connectivity index (χ0n) is 14.4. The van der Waals surface area contributed by atoms with Crippen molar-refractivity contribution >= 4 is 11.5 Å². The van der Waals surface area contributed by atoms with Gasteiger partial charge in [-0.05, 0) is 49.9 Å². The van der Waals surface area contributed by atoms with Gasteiger partial charge in [-0.15, -0.1) is 0 Å². The molecule has 0 atom stereocenters. The van der Waals surface area contributed by atoms with E-state index in [-0.39, 0.29) is 0 Å². The third-order valence-corrected chi connectivity index (χ3v) is 5.43. The Hall–Kier alpha value is -1.56. The van der Waals surface area contributed by atoms with Gasteiger partial charge in [0, 0.05) is 44.7 Å². The molecule has 25 heavy (non-hydrogen) atoms. The molecule has 0 amide bonds. The van der Waals surface area contributed by atoms with Crippen LogP contribution in [0.2, 0.25) is 0 Å². The lowest BCUT2D eigenvalue weighted by atomic mass is 9.86. The maximum atomic E-state index is 12.9. The molecule has 2 fully saturated rings. The molecule has 0 aromatic heterocycles. The van der Waals surface area contributed by atoms with Crippen LogP contribution in [0.3, 0.4) is 0 Å². The molecule has 1 heterocycles. The first-order valence-electron chi connectivity index (χ1n) is 9.08. The maximum absolute atomic E-state index is 12.9. The van der Waals surface area contributed by atoms with Crippen LogP contribution in [0.1, 0.15) is 37.7 Å². The number of benzene rings is 1. The Labute approximate surface area is 146 Å². The lowest BCUT2D eigenvalue weighted by Crippen LogP contribution is -2.47. The molecule has 3 rings (SSSR count). The highest BCUT2D eigenvalue weighted by Crippen LogP contribution is 2.32. The zero-order chi connectivity index (χ0) is 17.9. The van der Waals surface area contributed by atoms with Gasteiger partial charge in [0.25, 0.3) is 0 Å². The van der Waals surface area contributed by atoms with Gasteiger partial charge >= 0.3 is 6.18 Å². The molecule has 2 aliphatic rings. The number of rotatable bonds is 4. The number of hydrogen-bond donors (Lipinski definition) is 0. The topological polar surface area (TPSA) is 23.6 Å². The van der Waals surface area contributed by atoms with Crippen LogP contribution >= 0.6 is 0 Å². The molecule has 0 N–H and O–H groups in total. The number of nitrogens with zero attached hydrogens (tertiary/aromatic N) is 2. The molecule has 0 spiro atoms. The number of hydrogen-bond acceptors (Lipinski definition) is 3. The second-order valence-electron chi connectivity index (χ2n) is 7.15. The summed E-state index contributed by atoms with van der Waals surface area (Å²) in [5, 5.41) is 0. The van der Waals surface area contributed by atoms with Gasteiger partial charge in [0.05, 0.1) is 5.56 Å². The highest BCUT2D eigenvalue weighted by Gasteiger charge is 2.31. The third kappa shape index (κ3) is 4.97. The minimum atomic E-state index is -4.29. The van der Waals surface area contributed by atoms with Crippen molar-refractivity contribution in [1.29, 1.82) is 0 Å². The fourth-order valence-corrected chi connectivity index (χ4v) is 3.76. The minimum absolute atomic E-state index is 0.394. The molecule has 1 aromatic carbocycles. The molecule has 138 valence electrons. The van der Waals surface area contributed by atoms with E-state index in [1.807, 2.05) is 4.90 Å². The SMILES string of the molecule is O=C1CCC(CCN2CCN(c3cccc(C(F)(F)F)c3)CC2)CC1. The van der Waals surface area contributed by atoms with Crippen molar-refractivity contribution < 1.29 is 18.0 Å². The van der Waals surface area contributed by atoms with Gasteiger partial charge in [0.2, 0.25) is 0 Å². The first kappa shape index (κ1) is 18.2. The fraction of sp³-hybridized carbons (Fsp3) is 0.632. The summed E-state index contributed by atoms with van der Waals surface area (Å²) in [5.74, 6) is 1.05. The fourth-order valence-electron chi connectivity index (χ4n) is 3.76. The number of ketones is 1. The van der Waals surface area contributed by atoms with E-state index in [1.54, 1.807) is 6.07 Å². The summed E-state index contributed by atoms with van der Waals surface area (Å²) in [6, 6.07) is 5.60. The smallest absolute Gasteiger partial charge is 0.369 e. The van der Waals surface area contributed by atoms with E-state index in [0.717, 1.165) is 70.9 Å². The highest BCUT2D eigenvalue weighted by molar-refractivity contribution is 5.79. The minimum Gasteiger partial charge on any atom is -0.369 e. The van der Waals surface area contributed by atoms with E-state index in [9.17, 15) is 18.0 Å². The lowest BCUT2D eigenvalue weighted by molar-refractivity contribution is -0.137. The van der Waals surface area contributed by atoms with Crippen LogP contribution in [0.5, 0.6) is 0 Å². The molecule has 0 radical (unpaired) electrons. The van der Waals surface area contributed by atoms with E-state index in [2.05, 4.69) is 4.90 Å². The number of alkyl halides is 3. The van der Waals surface area contributed by atoms with Crippen LogP contribution in [0.25, 0.3) is 0 Å². The number of anilines is 1. The monoisotopic (exact) mass is 354 g/mol. The van der Waals surface area contributed by atoms with Gasteiger partial charge in [-0.3, -0.25) is 9.69 Å². The summed E-state index contributed by atoms with van der Waals surface area (Å²) in [6.07, 6.45) is 0.324. The molecule has 0 bridgehead atoms. The van der Waals surface area contributed by atoms with Crippen molar-refractivity contribution in [2.45, 2.75) is 38.3 Å². The summed E-state index contributed by atoms with van der Waals surface area (Å²) in [4.78, 5) is 15.7. The zero-order valence-corrected chi connectivity index (χ0v) is 14.4. The van der Waals surface area contributed by atoms with Crippen molar-refractivity contribution in [3.63, 3.8) is 0 Å². The maximum Gasteiger partial charge on any atom is 0.416 e. The summed E-state index contributed by atoms with van der Waals surface area (Å²) in [6.45, 7) is 4.29. The number of carbonyl (C=O) groups excluding carboxylic acids is 1. The van der Waals surface area contributed by atoms with Crippen LogP contribution in [0.15, 0.2) is 24.3 Å². The predicted molar refractivity (Wildman–Crippen MR) is 91.7 cm³/mol. The Morgan fingerprint density at radius 2 is 1.72 bits per heavy atom. The third-order valence-electron chi connectivity index (χ3n) is 5.43. The van der Waals surface area contributed by atoms with Gasteiger partial charge in [-0.2, -0.15) is 13.2 Å². The van der Waals surface area contributed by atoms with Gasteiger partial charge in [0.1, 0.15) is 5.78 Å². The van der Waals surface area contributed by atoms with E-state index < -0.39 is 11.7 Å². The molecule has 0 unspecified atom stereocenters. The molecule has 6 heteroatoms. The molecule has 1 aliphatic heterocycles. The quantitative estimate of drug-likeness (QED) is 0.817. The Balaban J connectivity index is 1.46. The molecule has 3 nitrogen and oxygen atoms in total. The molecule has 1 aromatic rings. The Bertz CT molecular complexity index is 585. The molecule has 1 saturated carbocycles. The van der Waals surface area contributed by atoms with E-state index >= 15 is 0 Å². The summed E-state index contributed by atoms with van der Waals surface area (Å²) in [7, 11) is 0. The molecule has 1 saturated heterocycles. The number of piperazine rings is 1. The Morgan fingerprint density at radius 3 is 2.36 bits per heavy atom. The van der Waals surface area contributed by atoms with Gasteiger partial charge in [-0.25, -0.2) is 0 Å². The number of carbonyl (C=O) groups is 1. The van der Waals surface area contributed by atoms with Gasteiger partial charge in [0.15, 0.2) is 0 Å². The molecule has 1 aliphatic carbocycles. The molecular weight excluding hydrogens is 329 g/mol. The normalized spacial score (nSPS) is 20.9. The lowest BCUT2D eigenvalue weighted by Gasteiger charge is -2.37. The summed E-state index contributed by atoms with van der Waals surface area (Å²) < 4.78 is 38.6. The van der Waals surface area contributed by atoms with Crippen LogP contribution in [0, 0.1) is 5.92 Å². The van der Waals surface area contributed by atoms with E-state index in [1.165, 1.54) is 12.1 Å². The number of Topliss-reactive ketones (excluding diaryl/α,β-unsaturated/α-hetero) is 1. The standard InChI is InChI=1S/C19H25F3N2O/c20-19(21,22)16-2-1-3-17(14-16)24-12-10-23(11-13-24)9-8-15-4-6-18(25)7-5-15/h1-3,14-15H,4-13H2. The second kappa shape index (κ2) is 7.77. The van der Waals surface area contributed by atoms with E-state index in [0.29, 0.717) is 17.4 Å². The van der Waals surface area contributed by atoms with Gasteiger partial charge < -0.3 is 4.90 Å². The summed E-state index contributed by atoms with van der Waals surface area (Å²) in [5.41, 5.74) is 0.0690. The highest BCUT2D eigenvalue weighted by atomic mass is 19.4. The largest absolute Gasteiger partial charge is 0.416 e. The average Bonchev–Trinajstić information content (AvgIpc) is 2.61. The first-order chi connectivity index (χ1) is 11.9. The average molecular weight is 354 g/mol. The van der Waals surface area contributed by atoms with Crippen LogP contribution in [-0.4, -0.2) is 43.4 Å². The summed E-state index contributed by atoms with van der Waals surface area (Å²) >= 11 is 0. The molecular formula is C19H25F3N2O. The predicted octanol–water partition coefficient (Wildman–Crippen LogP) is 3.98. The van der Waals surface area contributed by atoms with Crippen LogP contribution < -0.4 is 4.90 Å². The Kier molecular flexibility index (Phi) is 5.67. The Morgan fingerprint density at radius 1 is 1.04 bits per heavy atom. The van der Waals surface area contributed by atoms with E-state index in [4.69, 9.17) is 0 Å². The van der Waals surface area contributed by atoms with Gasteiger partial charge in [-0.1, -0.05) is 6.07 Å². The second-order valence-corrected chi connectivity index (χ2v) is 7.15. The van der Waals surface area contributed by atoms with Crippen molar-refractivity contribution in [2.75, 3.05) is 37.6 Å². The van der Waals surface area contributed by atoms with Crippen molar-refractivity contribution in [1.82, 2.24) is 4.90 Å². The van der Waals surface area contributed by atoms with Crippen molar-refractivity contribution in [3.8, 4) is 0 Å². The van der Waals surface area contributed by atoms with Crippen LogP contribution in [0.4, 0.5) is 18.9 Å². The van der Waals surface area contributed by atoms with Crippen molar-refractivity contribution in [3.05, 3.63) is 29.8 Å². The number of halogens is 3.